The van der Waals surface area contributed by atoms with Crippen molar-refractivity contribution in [2.45, 2.75) is 12.5 Å². The number of nitrogens with zero attached hydrogens (tertiary/aromatic N) is 1. The van der Waals surface area contributed by atoms with Crippen LogP contribution in [0.1, 0.15) is 18.1 Å². The number of aliphatic hydroxyl groups excluding tert-OH is 1. The monoisotopic (exact) mass is 225 g/mol. The Hall–Kier alpha value is -1.62. The molecule has 0 spiro atoms. The molecule has 1 aromatic carbocycles. The molecule has 5 heteroatoms. The third-order valence-electron chi connectivity index (χ3n) is 2.66. The molecule has 4 nitrogen and oxygen atoms in total. The fraction of sp³-hybridized carbons (Fsp3) is 0.364. The van der Waals surface area contributed by atoms with Gasteiger partial charge in [0.05, 0.1) is 18.9 Å². The van der Waals surface area contributed by atoms with Crippen LogP contribution in [0.4, 0.5) is 14.9 Å². The van der Waals surface area contributed by atoms with Gasteiger partial charge in [0, 0.05) is 12.1 Å². The van der Waals surface area contributed by atoms with Gasteiger partial charge in [0.15, 0.2) is 0 Å². The summed E-state index contributed by atoms with van der Waals surface area (Å²) in [5, 5.41) is 9.71. The Morgan fingerprint density at radius 3 is 3.06 bits per heavy atom. The molecule has 1 atom stereocenters. The van der Waals surface area contributed by atoms with Gasteiger partial charge in [0.1, 0.15) is 5.82 Å². The van der Waals surface area contributed by atoms with Crippen molar-refractivity contribution in [3.63, 3.8) is 0 Å². The standard InChI is InChI=1S/C11H12FNO3/c1-16-11(15)13-5-4-10(14)8-6-7(12)2-3-9(8)13/h2-3,6,10,14H,4-5H2,1H3. The Balaban J connectivity index is 2.44. The molecule has 0 radical (unpaired) electrons. The van der Waals surface area contributed by atoms with Crippen LogP contribution in [0.25, 0.3) is 0 Å². The first-order valence-electron chi connectivity index (χ1n) is 4.96. The van der Waals surface area contributed by atoms with E-state index in [4.69, 9.17) is 0 Å². The van der Waals surface area contributed by atoms with E-state index < -0.39 is 18.0 Å². The first kappa shape index (κ1) is 10.9. The topological polar surface area (TPSA) is 49.8 Å². The SMILES string of the molecule is COC(=O)N1CCC(O)c2cc(F)ccc21. The summed E-state index contributed by atoms with van der Waals surface area (Å²) in [6.45, 7) is 0.368. The van der Waals surface area contributed by atoms with Crippen molar-refractivity contribution in [3.05, 3.63) is 29.6 Å². The fourth-order valence-electron chi connectivity index (χ4n) is 1.87. The third-order valence-corrected chi connectivity index (χ3v) is 2.66. The van der Waals surface area contributed by atoms with E-state index in [1.54, 1.807) is 0 Å². The maximum atomic E-state index is 13.0. The summed E-state index contributed by atoms with van der Waals surface area (Å²) in [5.41, 5.74) is 0.934. The minimum absolute atomic E-state index is 0.368. The lowest BCUT2D eigenvalue weighted by Crippen LogP contribution is -2.36. The summed E-state index contributed by atoms with van der Waals surface area (Å²) in [4.78, 5) is 12.8. The van der Waals surface area contributed by atoms with Crippen molar-refractivity contribution < 1.29 is 19.0 Å². The zero-order valence-corrected chi connectivity index (χ0v) is 8.81. The zero-order valence-electron chi connectivity index (χ0n) is 8.81. The predicted octanol–water partition coefficient (Wildman–Crippen LogP) is 1.84. The van der Waals surface area contributed by atoms with Crippen LogP contribution in [-0.2, 0) is 4.74 Å². The van der Waals surface area contributed by atoms with Crippen molar-refractivity contribution in [1.82, 2.24) is 0 Å². The van der Waals surface area contributed by atoms with Crippen LogP contribution >= 0.6 is 0 Å². The maximum absolute atomic E-state index is 13.0. The molecule has 0 saturated heterocycles. The molecular weight excluding hydrogens is 213 g/mol. The first-order valence-corrected chi connectivity index (χ1v) is 4.96. The van der Waals surface area contributed by atoms with Crippen molar-refractivity contribution >= 4 is 11.8 Å². The second-order valence-corrected chi connectivity index (χ2v) is 3.63. The Morgan fingerprint density at radius 1 is 1.62 bits per heavy atom. The van der Waals surface area contributed by atoms with E-state index in [2.05, 4.69) is 4.74 Å². The van der Waals surface area contributed by atoms with E-state index >= 15 is 0 Å². The van der Waals surface area contributed by atoms with Crippen LogP contribution in [0.2, 0.25) is 0 Å². The van der Waals surface area contributed by atoms with Gasteiger partial charge in [-0.3, -0.25) is 4.90 Å². The number of hydrogen-bond acceptors (Lipinski definition) is 3. The van der Waals surface area contributed by atoms with Crippen LogP contribution in [0, 0.1) is 5.82 Å². The van der Waals surface area contributed by atoms with E-state index in [1.165, 1.54) is 30.2 Å². The lowest BCUT2D eigenvalue weighted by molar-refractivity contribution is 0.154. The highest BCUT2D eigenvalue weighted by Crippen LogP contribution is 2.34. The van der Waals surface area contributed by atoms with Gasteiger partial charge in [-0.05, 0) is 24.6 Å². The quantitative estimate of drug-likeness (QED) is 0.732. The molecule has 0 aliphatic carbocycles. The van der Waals surface area contributed by atoms with Crippen LogP contribution in [-0.4, -0.2) is 24.9 Å². The van der Waals surface area contributed by atoms with Crippen LogP contribution in [0.5, 0.6) is 0 Å². The molecule has 1 heterocycles. The van der Waals surface area contributed by atoms with Gasteiger partial charge in [0.2, 0.25) is 0 Å². The van der Waals surface area contributed by atoms with Crippen molar-refractivity contribution in [3.8, 4) is 0 Å². The molecule has 1 aromatic rings. The third kappa shape index (κ3) is 1.74. The number of fused-ring (bicyclic) bond motifs is 1. The number of anilines is 1. The Bertz CT molecular complexity index is 422. The Labute approximate surface area is 92.2 Å². The van der Waals surface area contributed by atoms with Gasteiger partial charge in [0.25, 0.3) is 0 Å². The normalized spacial score (nSPS) is 19.2. The summed E-state index contributed by atoms with van der Waals surface area (Å²) in [6, 6.07) is 3.98. The Morgan fingerprint density at radius 2 is 2.38 bits per heavy atom. The van der Waals surface area contributed by atoms with E-state index in [0.717, 1.165) is 0 Å². The number of rotatable bonds is 0. The molecule has 1 unspecified atom stereocenters. The van der Waals surface area contributed by atoms with E-state index in [9.17, 15) is 14.3 Å². The molecule has 1 aliphatic heterocycles. The molecule has 0 bridgehead atoms. The number of amides is 1. The van der Waals surface area contributed by atoms with Crippen LogP contribution in [0.15, 0.2) is 18.2 Å². The van der Waals surface area contributed by atoms with Gasteiger partial charge in [-0.15, -0.1) is 0 Å². The number of ether oxygens (including phenoxy) is 1. The molecule has 16 heavy (non-hydrogen) atoms. The minimum Gasteiger partial charge on any atom is -0.452 e. The van der Waals surface area contributed by atoms with Gasteiger partial charge < -0.3 is 9.84 Å². The van der Waals surface area contributed by atoms with Gasteiger partial charge >= 0.3 is 6.09 Å². The average molecular weight is 225 g/mol. The van der Waals surface area contributed by atoms with E-state index in [0.29, 0.717) is 24.2 Å². The zero-order chi connectivity index (χ0) is 11.7. The highest BCUT2D eigenvalue weighted by molar-refractivity contribution is 5.89. The summed E-state index contributed by atoms with van der Waals surface area (Å²) < 4.78 is 17.7. The largest absolute Gasteiger partial charge is 0.452 e. The van der Waals surface area contributed by atoms with Crippen molar-refractivity contribution in [2.75, 3.05) is 18.6 Å². The lowest BCUT2D eigenvalue weighted by Gasteiger charge is -2.30. The molecule has 86 valence electrons. The van der Waals surface area contributed by atoms with E-state index in [-0.39, 0.29) is 0 Å². The lowest BCUT2D eigenvalue weighted by atomic mass is 9.99. The summed E-state index contributed by atoms with van der Waals surface area (Å²) >= 11 is 0. The molecule has 0 fully saturated rings. The summed E-state index contributed by atoms with van der Waals surface area (Å²) in [7, 11) is 1.29. The summed E-state index contributed by atoms with van der Waals surface area (Å²) in [5.74, 6) is -0.426. The van der Waals surface area contributed by atoms with E-state index in [1.807, 2.05) is 0 Å². The van der Waals surface area contributed by atoms with Gasteiger partial charge in [-0.1, -0.05) is 0 Å². The number of hydrogen-bond donors (Lipinski definition) is 1. The number of benzene rings is 1. The number of aliphatic hydroxyl groups is 1. The second kappa shape index (κ2) is 4.09. The molecule has 0 saturated carbocycles. The number of carbonyl (C=O) groups is 1. The number of halogens is 1. The number of carbonyl (C=O) groups excluding carboxylic acids is 1. The first-order chi connectivity index (χ1) is 7.63. The summed E-state index contributed by atoms with van der Waals surface area (Å²) in [6.07, 6.45) is -0.850. The maximum Gasteiger partial charge on any atom is 0.414 e. The van der Waals surface area contributed by atoms with Crippen molar-refractivity contribution in [1.29, 1.82) is 0 Å². The highest BCUT2D eigenvalue weighted by atomic mass is 19.1. The van der Waals surface area contributed by atoms with Crippen LogP contribution in [0.3, 0.4) is 0 Å². The van der Waals surface area contributed by atoms with Gasteiger partial charge in [-0.2, -0.15) is 0 Å². The van der Waals surface area contributed by atoms with Crippen LogP contribution < -0.4 is 4.90 Å². The molecule has 1 N–H and O–H groups in total. The molecule has 1 aliphatic rings. The Kier molecular flexibility index (Phi) is 2.78. The fourth-order valence-corrected chi connectivity index (χ4v) is 1.87. The average Bonchev–Trinajstić information content (AvgIpc) is 2.29. The number of methoxy groups -OCH3 is 1. The highest BCUT2D eigenvalue weighted by Gasteiger charge is 2.28. The smallest absolute Gasteiger partial charge is 0.414 e. The second-order valence-electron chi connectivity index (χ2n) is 3.63. The van der Waals surface area contributed by atoms with Crippen molar-refractivity contribution in [2.24, 2.45) is 0 Å². The minimum atomic E-state index is -0.730. The van der Waals surface area contributed by atoms with Gasteiger partial charge in [-0.25, -0.2) is 9.18 Å². The predicted molar refractivity (Wildman–Crippen MR) is 55.7 cm³/mol. The molecule has 1 amide bonds. The molecule has 0 aromatic heterocycles. The molecule has 2 rings (SSSR count). The molecular formula is C11H12FNO3.